The predicted molar refractivity (Wildman–Crippen MR) is 94.3 cm³/mol. The molecule has 0 saturated heterocycles. The van der Waals surface area contributed by atoms with Crippen LogP contribution in [0.1, 0.15) is 18.1 Å². The third-order valence-electron chi connectivity index (χ3n) is 3.81. The Balaban J connectivity index is 1.96. The molecular formula is C19H21N3O. The molecule has 0 amide bonds. The fourth-order valence-electron chi connectivity index (χ4n) is 2.65. The number of rotatable bonds is 4. The summed E-state index contributed by atoms with van der Waals surface area (Å²) in [6.07, 6.45) is 10.1. The van der Waals surface area contributed by atoms with Gasteiger partial charge in [-0.05, 0) is 43.7 Å². The largest absolute Gasteiger partial charge is 0.494 e. The molecular weight excluding hydrogens is 286 g/mol. The van der Waals surface area contributed by atoms with E-state index in [4.69, 9.17) is 4.74 Å². The highest BCUT2D eigenvalue weighted by molar-refractivity contribution is 5.81. The molecule has 0 aliphatic carbocycles. The monoisotopic (exact) mass is 307 g/mol. The lowest BCUT2D eigenvalue weighted by atomic mass is 10.1. The average molecular weight is 307 g/mol. The van der Waals surface area contributed by atoms with Gasteiger partial charge in [-0.1, -0.05) is 12.7 Å². The molecule has 1 aliphatic heterocycles. The van der Waals surface area contributed by atoms with E-state index in [1.165, 1.54) is 0 Å². The fraction of sp³-hybridized carbons (Fsp3) is 0.211. The molecule has 4 heteroatoms. The van der Waals surface area contributed by atoms with E-state index in [1.54, 1.807) is 4.68 Å². The van der Waals surface area contributed by atoms with Crippen LogP contribution in [-0.4, -0.2) is 16.4 Å². The number of anilines is 1. The number of aryl methyl sites for hydroxylation is 2. The number of benzene rings is 1. The lowest BCUT2D eigenvalue weighted by Gasteiger charge is -2.27. The zero-order valence-electron chi connectivity index (χ0n) is 13.8. The Morgan fingerprint density at radius 2 is 2.09 bits per heavy atom. The van der Waals surface area contributed by atoms with Crippen molar-refractivity contribution in [1.29, 1.82) is 0 Å². The summed E-state index contributed by atoms with van der Waals surface area (Å²) in [5.41, 5.74) is 5.38. The molecule has 0 fully saturated rings. The van der Waals surface area contributed by atoms with Gasteiger partial charge >= 0.3 is 0 Å². The molecule has 0 spiro atoms. The van der Waals surface area contributed by atoms with Gasteiger partial charge in [0.2, 0.25) is 0 Å². The van der Waals surface area contributed by atoms with Crippen molar-refractivity contribution in [2.75, 3.05) is 11.5 Å². The third-order valence-corrected chi connectivity index (χ3v) is 3.81. The SMILES string of the molecule is C=C1C=CC(c2cnn(C)c2)=CN1c1ccc(OCC)cc1C. The molecule has 0 saturated carbocycles. The van der Waals surface area contributed by atoms with Crippen LogP contribution < -0.4 is 9.64 Å². The van der Waals surface area contributed by atoms with Gasteiger partial charge in [0, 0.05) is 42.0 Å². The minimum absolute atomic E-state index is 0.670. The lowest BCUT2D eigenvalue weighted by molar-refractivity contribution is 0.340. The van der Waals surface area contributed by atoms with Crippen molar-refractivity contribution >= 4 is 11.3 Å². The van der Waals surface area contributed by atoms with E-state index in [1.807, 2.05) is 38.5 Å². The molecule has 23 heavy (non-hydrogen) atoms. The zero-order valence-corrected chi connectivity index (χ0v) is 13.8. The van der Waals surface area contributed by atoms with Gasteiger partial charge in [-0.15, -0.1) is 0 Å². The normalized spacial score (nSPS) is 14.1. The smallest absolute Gasteiger partial charge is 0.119 e. The van der Waals surface area contributed by atoms with Crippen LogP contribution in [0.15, 0.2) is 61.2 Å². The topological polar surface area (TPSA) is 30.3 Å². The second kappa shape index (κ2) is 6.16. The van der Waals surface area contributed by atoms with Gasteiger partial charge in [0.15, 0.2) is 0 Å². The quantitative estimate of drug-likeness (QED) is 0.853. The van der Waals surface area contributed by atoms with Crippen molar-refractivity contribution in [2.45, 2.75) is 13.8 Å². The Morgan fingerprint density at radius 1 is 1.26 bits per heavy atom. The second-order valence-electron chi connectivity index (χ2n) is 5.56. The molecule has 1 aromatic carbocycles. The molecule has 3 rings (SSSR count). The Labute approximate surface area is 137 Å². The van der Waals surface area contributed by atoms with Crippen LogP contribution in [0.2, 0.25) is 0 Å². The number of hydrogen-bond acceptors (Lipinski definition) is 3. The summed E-state index contributed by atoms with van der Waals surface area (Å²) in [5, 5.41) is 4.24. The summed E-state index contributed by atoms with van der Waals surface area (Å²) in [6, 6.07) is 6.12. The first-order chi connectivity index (χ1) is 11.1. The van der Waals surface area contributed by atoms with E-state index in [0.29, 0.717) is 6.61 Å². The van der Waals surface area contributed by atoms with Gasteiger partial charge < -0.3 is 9.64 Å². The highest BCUT2D eigenvalue weighted by atomic mass is 16.5. The first kappa shape index (κ1) is 15.2. The van der Waals surface area contributed by atoms with Crippen LogP contribution in [0.3, 0.4) is 0 Å². The van der Waals surface area contributed by atoms with Crippen LogP contribution in [0.25, 0.3) is 5.57 Å². The van der Waals surface area contributed by atoms with Crippen molar-refractivity contribution in [3.05, 3.63) is 72.3 Å². The highest BCUT2D eigenvalue weighted by Crippen LogP contribution is 2.32. The Kier molecular flexibility index (Phi) is 4.06. The maximum atomic E-state index is 5.57. The molecule has 1 aliphatic rings. The van der Waals surface area contributed by atoms with E-state index in [2.05, 4.69) is 47.9 Å². The summed E-state index contributed by atoms with van der Waals surface area (Å²) < 4.78 is 7.37. The van der Waals surface area contributed by atoms with Crippen molar-refractivity contribution < 1.29 is 4.74 Å². The van der Waals surface area contributed by atoms with Crippen molar-refractivity contribution in [1.82, 2.24) is 9.78 Å². The van der Waals surface area contributed by atoms with Crippen LogP contribution in [0, 0.1) is 6.92 Å². The van der Waals surface area contributed by atoms with Crippen molar-refractivity contribution in [3.63, 3.8) is 0 Å². The third kappa shape index (κ3) is 3.06. The minimum Gasteiger partial charge on any atom is -0.494 e. The second-order valence-corrected chi connectivity index (χ2v) is 5.56. The van der Waals surface area contributed by atoms with Gasteiger partial charge in [0.05, 0.1) is 12.8 Å². The molecule has 2 heterocycles. The van der Waals surface area contributed by atoms with Crippen LogP contribution >= 0.6 is 0 Å². The summed E-state index contributed by atoms with van der Waals surface area (Å²) in [4.78, 5) is 2.10. The molecule has 4 nitrogen and oxygen atoms in total. The molecule has 0 radical (unpaired) electrons. The number of nitrogens with zero attached hydrogens (tertiary/aromatic N) is 3. The maximum Gasteiger partial charge on any atom is 0.119 e. The van der Waals surface area contributed by atoms with Crippen molar-refractivity contribution in [3.8, 4) is 5.75 Å². The van der Waals surface area contributed by atoms with E-state index < -0.39 is 0 Å². The Hall–Kier alpha value is -2.75. The standard InChI is InChI=1S/C19H21N3O/c1-5-23-18-8-9-19(14(2)10-18)22-13-16(7-6-15(22)3)17-11-20-21(4)12-17/h6-13H,3,5H2,1-2,4H3. The van der Waals surface area contributed by atoms with Gasteiger partial charge in [-0.3, -0.25) is 4.68 Å². The van der Waals surface area contributed by atoms with Crippen LogP contribution in [-0.2, 0) is 7.05 Å². The zero-order chi connectivity index (χ0) is 16.4. The average Bonchev–Trinajstić information content (AvgIpc) is 2.95. The van der Waals surface area contributed by atoms with Gasteiger partial charge in [-0.25, -0.2) is 0 Å². The molecule has 0 atom stereocenters. The number of ether oxygens (including phenoxy) is 1. The lowest BCUT2D eigenvalue weighted by Crippen LogP contribution is -2.17. The highest BCUT2D eigenvalue weighted by Gasteiger charge is 2.15. The molecule has 1 aromatic heterocycles. The molecule has 118 valence electrons. The Morgan fingerprint density at radius 3 is 2.74 bits per heavy atom. The number of aromatic nitrogens is 2. The summed E-state index contributed by atoms with van der Waals surface area (Å²) >= 11 is 0. The van der Waals surface area contributed by atoms with Gasteiger partial charge in [0.25, 0.3) is 0 Å². The first-order valence-electron chi connectivity index (χ1n) is 7.69. The van der Waals surface area contributed by atoms with Gasteiger partial charge in [0.1, 0.15) is 5.75 Å². The number of hydrogen-bond donors (Lipinski definition) is 0. The Bertz CT molecular complexity index is 799. The van der Waals surface area contributed by atoms with E-state index in [9.17, 15) is 0 Å². The molecule has 2 aromatic rings. The van der Waals surface area contributed by atoms with E-state index in [-0.39, 0.29) is 0 Å². The predicted octanol–water partition coefficient (Wildman–Crippen LogP) is 4.06. The molecule has 0 N–H and O–H groups in total. The molecule has 0 unspecified atom stereocenters. The first-order valence-corrected chi connectivity index (χ1v) is 7.69. The summed E-state index contributed by atoms with van der Waals surface area (Å²) in [5.74, 6) is 0.892. The van der Waals surface area contributed by atoms with Crippen LogP contribution in [0.4, 0.5) is 5.69 Å². The number of allylic oxidation sites excluding steroid dienone is 3. The van der Waals surface area contributed by atoms with E-state index in [0.717, 1.165) is 33.8 Å². The van der Waals surface area contributed by atoms with Gasteiger partial charge in [-0.2, -0.15) is 5.10 Å². The fourth-order valence-corrected chi connectivity index (χ4v) is 2.65. The van der Waals surface area contributed by atoms with Crippen molar-refractivity contribution in [2.24, 2.45) is 7.05 Å². The van der Waals surface area contributed by atoms with Crippen LogP contribution in [0.5, 0.6) is 5.75 Å². The van der Waals surface area contributed by atoms with E-state index >= 15 is 0 Å². The minimum atomic E-state index is 0.670. The molecule has 0 bridgehead atoms. The maximum absolute atomic E-state index is 5.57. The summed E-state index contributed by atoms with van der Waals surface area (Å²) in [7, 11) is 1.92. The summed E-state index contributed by atoms with van der Waals surface area (Å²) in [6.45, 7) is 8.89.